The summed E-state index contributed by atoms with van der Waals surface area (Å²) in [5.41, 5.74) is 19.2. The molecule has 0 unspecified atom stereocenters. The van der Waals surface area contributed by atoms with Gasteiger partial charge in [-0.1, -0.05) is 147 Å². The van der Waals surface area contributed by atoms with Gasteiger partial charge in [-0.2, -0.15) is 0 Å². The molecule has 1 aromatic heterocycles. The summed E-state index contributed by atoms with van der Waals surface area (Å²) in [7, 11) is 0. The van der Waals surface area contributed by atoms with Crippen LogP contribution in [0, 0.1) is 18.8 Å². The predicted molar refractivity (Wildman–Crippen MR) is 232 cm³/mol. The minimum absolute atomic E-state index is 0.126. The molecule has 9 aromatic rings. The number of aryl methyl sites for hydroxylation is 1. The maximum absolute atomic E-state index is 3.70. The number of hydrogen-bond acceptors (Lipinski definition) is 0. The second kappa shape index (κ2) is 12.9. The van der Waals surface area contributed by atoms with Crippen molar-refractivity contribution in [3.05, 3.63) is 210 Å². The van der Waals surface area contributed by atoms with E-state index in [-0.39, 0.29) is 5.41 Å². The smallest absolute Gasteiger partial charge is 0.0541 e. The van der Waals surface area contributed by atoms with Crippen LogP contribution in [-0.4, -0.2) is 4.57 Å². The molecule has 1 heterocycles. The number of nitrogens with zero attached hydrogens (tertiary/aromatic N) is 1. The van der Waals surface area contributed by atoms with Crippen molar-refractivity contribution >= 4 is 21.8 Å². The third-order valence-corrected chi connectivity index (χ3v) is 11.6. The summed E-state index contributed by atoms with van der Waals surface area (Å²) in [6.45, 7) is 6.91. The van der Waals surface area contributed by atoms with Gasteiger partial charge >= 0.3 is 0 Å². The quantitative estimate of drug-likeness (QED) is 0.161. The van der Waals surface area contributed by atoms with Gasteiger partial charge in [0.2, 0.25) is 0 Å². The van der Waals surface area contributed by atoms with Gasteiger partial charge in [0.25, 0.3) is 0 Å². The third-order valence-electron chi connectivity index (χ3n) is 11.6. The highest BCUT2D eigenvalue weighted by molar-refractivity contribution is 6.10. The summed E-state index contributed by atoms with van der Waals surface area (Å²) >= 11 is 0. The summed E-state index contributed by atoms with van der Waals surface area (Å²) in [6, 6.07) is 66.0. The molecule has 8 aromatic carbocycles. The fourth-order valence-corrected chi connectivity index (χ4v) is 8.72. The molecule has 1 aliphatic rings. The molecule has 0 spiro atoms. The maximum Gasteiger partial charge on any atom is 0.0541 e. The lowest BCUT2D eigenvalue weighted by Gasteiger charge is -2.22. The van der Waals surface area contributed by atoms with Crippen molar-refractivity contribution in [3.8, 4) is 62.0 Å². The minimum Gasteiger partial charge on any atom is -0.309 e. The van der Waals surface area contributed by atoms with Crippen LogP contribution in [0.5, 0.6) is 0 Å². The molecule has 1 heteroatoms. The lowest BCUT2D eigenvalue weighted by molar-refractivity contribution is 0.660. The van der Waals surface area contributed by atoms with Crippen molar-refractivity contribution in [1.29, 1.82) is 0 Å². The first-order valence-electron chi connectivity index (χ1n) is 19.1. The second-order valence-electron chi connectivity index (χ2n) is 15.3. The number of rotatable bonds is 4. The van der Waals surface area contributed by atoms with Crippen molar-refractivity contribution in [2.75, 3.05) is 0 Å². The van der Waals surface area contributed by atoms with E-state index in [0.29, 0.717) is 0 Å². The molecule has 10 rings (SSSR count). The topological polar surface area (TPSA) is 4.93 Å². The van der Waals surface area contributed by atoms with Crippen LogP contribution in [0.2, 0.25) is 0 Å². The van der Waals surface area contributed by atoms with E-state index in [1.807, 2.05) is 0 Å². The molecule has 1 aliphatic carbocycles. The Morgan fingerprint density at radius 1 is 0.418 bits per heavy atom. The molecule has 55 heavy (non-hydrogen) atoms. The Morgan fingerprint density at radius 2 is 1.09 bits per heavy atom. The molecule has 0 radical (unpaired) electrons. The van der Waals surface area contributed by atoms with Crippen molar-refractivity contribution in [3.63, 3.8) is 0 Å². The second-order valence-corrected chi connectivity index (χ2v) is 15.3. The van der Waals surface area contributed by atoms with E-state index in [0.717, 1.165) is 11.1 Å². The lowest BCUT2D eigenvalue weighted by Crippen LogP contribution is -2.15. The number of hydrogen-bond donors (Lipinski definition) is 0. The van der Waals surface area contributed by atoms with Gasteiger partial charge in [0.15, 0.2) is 0 Å². The van der Waals surface area contributed by atoms with Crippen LogP contribution in [0.4, 0.5) is 0 Å². The van der Waals surface area contributed by atoms with Gasteiger partial charge in [-0.25, -0.2) is 0 Å². The molecule has 0 saturated carbocycles. The minimum atomic E-state index is -0.126. The molecular weight excluding hydrogens is 663 g/mol. The van der Waals surface area contributed by atoms with E-state index < -0.39 is 0 Å². The van der Waals surface area contributed by atoms with Crippen LogP contribution in [0.1, 0.15) is 41.7 Å². The van der Waals surface area contributed by atoms with Gasteiger partial charge in [0.1, 0.15) is 0 Å². The van der Waals surface area contributed by atoms with Crippen molar-refractivity contribution in [2.24, 2.45) is 0 Å². The highest BCUT2D eigenvalue weighted by Gasteiger charge is 2.36. The maximum atomic E-state index is 3.70. The Balaban J connectivity index is 1.14. The molecule has 0 amide bonds. The van der Waals surface area contributed by atoms with E-state index in [1.54, 1.807) is 0 Å². The number of benzene rings is 8. The Hall–Kier alpha value is -6.88. The third kappa shape index (κ3) is 5.50. The molecule has 260 valence electrons. The number of aromatic nitrogens is 1. The van der Waals surface area contributed by atoms with Crippen LogP contribution >= 0.6 is 0 Å². The van der Waals surface area contributed by atoms with Crippen molar-refractivity contribution in [2.45, 2.75) is 26.2 Å². The molecule has 0 bridgehead atoms. The molecule has 0 fully saturated rings. The van der Waals surface area contributed by atoms with Crippen LogP contribution in [0.25, 0.3) is 72.0 Å². The zero-order valence-electron chi connectivity index (χ0n) is 31.3. The summed E-state index contributed by atoms with van der Waals surface area (Å²) in [4.78, 5) is 0. The molecule has 0 saturated heterocycles. The Labute approximate surface area is 323 Å². The average Bonchev–Trinajstić information content (AvgIpc) is 3.68. The fourth-order valence-electron chi connectivity index (χ4n) is 8.72. The highest BCUT2D eigenvalue weighted by Crippen LogP contribution is 2.50. The first-order valence-corrected chi connectivity index (χ1v) is 19.1. The predicted octanol–water partition coefficient (Wildman–Crippen LogP) is 13.8. The van der Waals surface area contributed by atoms with E-state index in [4.69, 9.17) is 0 Å². The largest absolute Gasteiger partial charge is 0.309 e. The van der Waals surface area contributed by atoms with E-state index in [9.17, 15) is 0 Å². The van der Waals surface area contributed by atoms with E-state index >= 15 is 0 Å². The highest BCUT2D eigenvalue weighted by atomic mass is 15.0. The summed E-state index contributed by atoms with van der Waals surface area (Å²) in [5, 5.41) is 2.50. The van der Waals surface area contributed by atoms with Gasteiger partial charge in [-0.05, 0) is 129 Å². The molecular formula is C54H39N. The first-order chi connectivity index (χ1) is 26.9. The monoisotopic (exact) mass is 701 g/mol. The lowest BCUT2D eigenvalue weighted by atomic mass is 9.81. The molecule has 1 nitrogen and oxygen atoms in total. The zero-order chi connectivity index (χ0) is 37.1. The fraction of sp³-hybridized carbons (Fsp3) is 0.0741. The van der Waals surface area contributed by atoms with E-state index in [2.05, 4.69) is 219 Å². The van der Waals surface area contributed by atoms with Gasteiger partial charge in [0.05, 0.1) is 11.0 Å². The average molecular weight is 702 g/mol. The van der Waals surface area contributed by atoms with Crippen LogP contribution < -0.4 is 0 Å². The number of para-hydroxylation sites is 2. The van der Waals surface area contributed by atoms with Crippen molar-refractivity contribution in [1.82, 2.24) is 4.57 Å². The number of fused-ring (bicyclic) bond motifs is 6. The normalized spacial score (nSPS) is 12.6. The SMILES string of the molecule is Cc1ccc(-c2ccc3c(c2)c2ccccc2n3-c2ccccc2)cc1-c1cc2c(cc1C#Cc1cccc(-c3ccccc3)c1)C(C)(C)c1ccccc1-2. The summed E-state index contributed by atoms with van der Waals surface area (Å²) in [5.74, 6) is 7.28. The van der Waals surface area contributed by atoms with Gasteiger partial charge in [-0.15, -0.1) is 0 Å². The molecule has 0 N–H and O–H groups in total. The van der Waals surface area contributed by atoms with Crippen LogP contribution in [0.3, 0.4) is 0 Å². The van der Waals surface area contributed by atoms with Crippen molar-refractivity contribution < 1.29 is 0 Å². The van der Waals surface area contributed by atoms with Crippen LogP contribution in [0.15, 0.2) is 182 Å². The summed E-state index contributed by atoms with van der Waals surface area (Å²) in [6.07, 6.45) is 0. The van der Waals surface area contributed by atoms with Gasteiger partial charge < -0.3 is 4.57 Å². The molecule has 0 aliphatic heterocycles. The van der Waals surface area contributed by atoms with Crippen LogP contribution in [-0.2, 0) is 5.41 Å². The first kappa shape index (κ1) is 32.7. The van der Waals surface area contributed by atoms with Gasteiger partial charge in [0, 0.05) is 33.0 Å². The Bertz CT molecular complexity index is 3000. The standard InChI is InChI=1S/C54H39N/c1-36-25-27-40(41-29-30-53-49(33-41)45-22-11-13-24-52(45)55(53)43-19-8-5-9-20-43)32-46(36)47-35-48-44-21-10-12-23-50(44)54(2,3)51(48)34-42(47)28-26-37-15-14-18-39(31-37)38-16-6-4-7-17-38/h4-25,27,29-35H,1-3H3. The van der Waals surface area contributed by atoms with E-state index in [1.165, 1.54) is 88.7 Å². The molecule has 0 atom stereocenters. The summed E-state index contributed by atoms with van der Waals surface area (Å²) < 4.78 is 2.37. The Morgan fingerprint density at radius 3 is 1.95 bits per heavy atom. The zero-order valence-corrected chi connectivity index (χ0v) is 31.3. The Kier molecular flexibility index (Phi) is 7.68. The van der Waals surface area contributed by atoms with Gasteiger partial charge in [-0.3, -0.25) is 0 Å².